The van der Waals surface area contributed by atoms with Gasteiger partial charge in [-0.1, -0.05) is 46.6 Å². The molecule has 0 aliphatic heterocycles. The number of para-hydroxylation sites is 1. The molecule has 0 amide bonds. The second-order valence-corrected chi connectivity index (χ2v) is 5.76. The van der Waals surface area contributed by atoms with Crippen LogP contribution in [0, 0.1) is 0 Å². The van der Waals surface area contributed by atoms with Gasteiger partial charge in [-0.3, -0.25) is 0 Å². The van der Waals surface area contributed by atoms with Crippen LogP contribution < -0.4 is 10.1 Å². The van der Waals surface area contributed by atoms with Crippen LogP contribution in [0.25, 0.3) is 0 Å². The quantitative estimate of drug-likeness (QED) is 0.739. The minimum atomic E-state index is 0.669. The maximum atomic E-state index is 6.14. The van der Waals surface area contributed by atoms with Crippen molar-refractivity contribution in [3.63, 3.8) is 0 Å². The average molecular weight is 355 g/mol. The van der Waals surface area contributed by atoms with Gasteiger partial charge in [0.05, 0.1) is 17.3 Å². The number of rotatable bonds is 6. The van der Waals surface area contributed by atoms with Crippen LogP contribution >= 0.6 is 27.5 Å². The molecule has 2 aromatic carbocycles. The molecule has 0 radical (unpaired) electrons. The Labute approximate surface area is 133 Å². The first kappa shape index (κ1) is 15.2. The van der Waals surface area contributed by atoms with Crippen molar-refractivity contribution in [1.29, 1.82) is 0 Å². The van der Waals surface area contributed by atoms with Gasteiger partial charge in [0.25, 0.3) is 0 Å². The van der Waals surface area contributed by atoms with E-state index in [-0.39, 0.29) is 0 Å². The Balaban J connectivity index is 2.11. The zero-order valence-electron chi connectivity index (χ0n) is 11.3. The minimum absolute atomic E-state index is 0.669. The highest BCUT2D eigenvalue weighted by molar-refractivity contribution is 9.10. The predicted molar refractivity (Wildman–Crippen MR) is 88.7 cm³/mol. The Morgan fingerprint density at radius 1 is 1.20 bits per heavy atom. The summed E-state index contributed by atoms with van der Waals surface area (Å²) in [6.07, 6.45) is 0.993. The van der Waals surface area contributed by atoms with E-state index in [4.69, 9.17) is 16.3 Å². The fraction of sp³-hybridized carbons (Fsp3) is 0.250. The van der Waals surface area contributed by atoms with E-state index in [9.17, 15) is 0 Å². The predicted octanol–water partition coefficient (Wildman–Crippen LogP) is 5.50. The van der Waals surface area contributed by atoms with Crippen LogP contribution in [0.3, 0.4) is 0 Å². The van der Waals surface area contributed by atoms with Gasteiger partial charge in [0, 0.05) is 16.6 Å². The molecule has 2 aromatic rings. The van der Waals surface area contributed by atoms with E-state index in [1.165, 1.54) is 0 Å². The number of hydrogen-bond donors (Lipinski definition) is 1. The molecule has 0 bridgehead atoms. The normalized spacial score (nSPS) is 10.3. The van der Waals surface area contributed by atoms with Gasteiger partial charge >= 0.3 is 0 Å². The van der Waals surface area contributed by atoms with Crippen molar-refractivity contribution in [2.75, 3.05) is 11.9 Å². The van der Waals surface area contributed by atoms with Gasteiger partial charge in [0.1, 0.15) is 5.75 Å². The summed E-state index contributed by atoms with van der Waals surface area (Å²) in [5.41, 5.74) is 2.03. The van der Waals surface area contributed by atoms with E-state index in [0.29, 0.717) is 6.54 Å². The van der Waals surface area contributed by atoms with Crippen molar-refractivity contribution < 1.29 is 4.74 Å². The summed E-state index contributed by atoms with van der Waals surface area (Å²) in [6.45, 7) is 3.49. The van der Waals surface area contributed by atoms with Crippen LogP contribution in [0.4, 0.5) is 5.69 Å². The van der Waals surface area contributed by atoms with Crippen LogP contribution in [0.5, 0.6) is 5.75 Å². The summed E-state index contributed by atoms with van der Waals surface area (Å²) in [5.74, 6) is 0.912. The van der Waals surface area contributed by atoms with Crippen LogP contribution in [0.1, 0.15) is 18.9 Å². The van der Waals surface area contributed by atoms with Gasteiger partial charge in [0.2, 0.25) is 0 Å². The molecule has 4 heteroatoms. The molecule has 2 nitrogen and oxygen atoms in total. The molecule has 0 spiro atoms. The Hall–Kier alpha value is -1.19. The standard InChI is InChI=1S/C16H17BrClNO/c1-2-9-20-16-8-7-13(17)10-12(16)11-19-15-6-4-3-5-14(15)18/h3-8,10,19H,2,9,11H2,1H3. The number of benzene rings is 2. The number of ether oxygens (including phenoxy) is 1. The zero-order chi connectivity index (χ0) is 14.4. The van der Waals surface area contributed by atoms with Gasteiger partial charge in [-0.25, -0.2) is 0 Å². The average Bonchev–Trinajstić information content (AvgIpc) is 2.45. The third-order valence-electron chi connectivity index (χ3n) is 2.83. The van der Waals surface area contributed by atoms with E-state index in [1.807, 2.05) is 36.4 Å². The molecule has 0 aliphatic carbocycles. The van der Waals surface area contributed by atoms with Gasteiger partial charge in [-0.2, -0.15) is 0 Å². The lowest BCUT2D eigenvalue weighted by Crippen LogP contribution is -2.04. The van der Waals surface area contributed by atoms with Crippen molar-refractivity contribution >= 4 is 33.2 Å². The molecule has 106 valence electrons. The van der Waals surface area contributed by atoms with Gasteiger partial charge in [-0.05, 0) is 36.8 Å². The molecule has 20 heavy (non-hydrogen) atoms. The third-order valence-corrected chi connectivity index (χ3v) is 3.65. The highest BCUT2D eigenvalue weighted by atomic mass is 79.9. The zero-order valence-corrected chi connectivity index (χ0v) is 13.7. The molecular weight excluding hydrogens is 338 g/mol. The van der Waals surface area contributed by atoms with E-state index >= 15 is 0 Å². The molecule has 0 heterocycles. The van der Waals surface area contributed by atoms with E-state index in [0.717, 1.165) is 39.5 Å². The second kappa shape index (κ2) is 7.55. The summed E-state index contributed by atoms with van der Waals surface area (Å²) < 4.78 is 6.81. The van der Waals surface area contributed by atoms with Crippen LogP contribution in [-0.4, -0.2) is 6.61 Å². The lowest BCUT2D eigenvalue weighted by atomic mass is 10.2. The summed E-state index contributed by atoms with van der Waals surface area (Å²) in [5, 5.41) is 4.06. The molecule has 2 rings (SSSR count). The fourth-order valence-corrected chi connectivity index (χ4v) is 2.45. The molecule has 0 atom stereocenters. The highest BCUT2D eigenvalue weighted by Gasteiger charge is 2.06. The Morgan fingerprint density at radius 3 is 2.75 bits per heavy atom. The second-order valence-electron chi connectivity index (χ2n) is 4.43. The minimum Gasteiger partial charge on any atom is -0.493 e. The highest BCUT2D eigenvalue weighted by Crippen LogP contribution is 2.26. The molecule has 0 aliphatic rings. The topological polar surface area (TPSA) is 21.3 Å². The van der Waals surface area contributed by atoms with Crippen molar-refractivity contribution in [2.24, 2.45) is 0 Å². The summed E-state index contributed by atoms with van der Waals surface area (Å²) in [4.78, 5) is 0. The van der Waals surface area contributed by atoms with Gasteiger partial charge in [-0.15, -0.1) is 0 Å². The Kier molecular flexibility index (Phi) is 5.74. The molecule has 0 aromatic heterocycles. The Bertz CT molecular complexity index is 574. The van der Waals surface area contributed by atoms with Crippen LogP contribution in [0.2, 0.25) is 5.02 Å². The monoisotopic (exact) mass is 353 g/mol. The number of halogens is 2. The largest absolute Gasteiger partial charge is 0.493 e. The van der Waals surface area contributed by atoms with E-state index < -0.39 is 0 Å². The first-order valence-electron chi connectivity index (χ1n) is 6.60. The van der Waals surface area contributed by atoms with Gasteiger partial charge < -0.3 is 10.1 Å². The number of nitrogens with one attached hydrogen (secondary N) is 1. The van der Waals surface area contributed by atoms with E-state index in [2.05, 4.69) is 34.2 Å². The molecule has 1 N–H and O–H groups in total. The molecule has 0 fully saturated rings. The summed E-state index contributed by atoms with van der Waals surface area (Å²) >= 11 is 9.64. The van der Waals surface area contributed by atoms with Crippen molar-refractivity contribution in [3.05, 3.63) is 57.5 Å². The maximum absolute atomic E-state index is 6.14. The number of anilines is 1. The van der Waals surface area contributed by atoms with Crippen molar-refractivity contribution in [1.82, 2.24) is 0 Å². The van der Waals surface area contributed by atoms with Crippen LogP contribution in [-0.2, 0) is 6.54 Å². The molecule has 0 saturated heterocycles. The Morgan fingerprint density at radius 2 is 2.00 bits per heavy atom. The molecule has 0 unspecified atom stereocenters. The lowest BCUT2D eigenvalue weighted by molar-refractivity contribution is 0.314. The number of hydrogen-bond acceptors (Lipinski definition) is 2. The van der Waals surface area contributed by atoms with Gasteiger partial charge in [0.15, 0.2) is 0 Å². The smallest absolute Gasteiger partial charge is 0.124 e. The van der Waals surface area contributed by atoms with Crippen LogP contribution in [0.15, 0.2) is 46.9 Å². The summed E-state index contributed by atoms with van der Waals surface area (Å²) in [6, 6.07) is 13.8. The molecular formula is C16H17BrClNO. The third kappa shape index (κ3) is 4.15. The SMILES string of the molecule is CCCOc1ccc(Br)cc1CNc1ccccc1Cl. The fourth-order valence-electron chi connectivity index (χ4n) is 1.83. The first-order valence-corrected chi connectivity index (χ1v) is 7.77. The lowest BCUT2D eigenvalue weighted by Gasteiger charge is -2.13. The summed E-state index contributed by atoms with van der Waals surface area (Å²) in [7, 11) is 0. The van der Waals surface area contributed by atoms with E-state index in [1.54, 1.807) is 0 Å². The maximum Gasteiger partial charge on any atom is 0.124 e. The van der Waals surface area contributed by atoms with Crippen molar-refractivity contribution in [2.45, 2.75) is 19.9 Å². The first-order chi connectivity index (χ1) is 9.70. The van der Waals surface area contributed by atoms with Crippen molar-refractivity contribution in [3.8, 4) is 5.75 Å². The molecule has 0 saturated carbocycles.